The van der Waals surface area contributed by atoms with Gasteiger partial charge in [-0.15, -0.1) is 0 Å². The molecule has 1 aromatic rings. The monoisotopic (exact) mass is 356 g/mol. The third-order valence-corrected chi connectivity index (χ3v) is 5.18. The minimum absolute atomic E-state index is 0.185. The summed E-state index contributed by atoms with van der Waals surface area (Å²) < 4.78 is 14.2. The Bertz CT molecular complexity index is 458. The van der Waals surface area contributed by atoms with Gasteiger partial charge in [0.15, 0.2) is 0 Å². The quantitative estimate of drug-likeness (QED) is 0.850. The summed E-state index contributed by atoms with van der Waals surface area (Å²) in [6.45, 7) is 4.01. The molecule has 1 aromatic carbocycles. The van der Waals surface area contributed by atoms with Gasteiger partial charge in [0, 0.05) is 23.1 Å². The Morgan fingerprint density at radius 1 is 1.38 bits per heavy atom. The SMILES string of the molecule is CC1CCCC(CNCc2cc(F)cc(Br)c2)(N(C)C)C1. The fourth-order valence-electron chi connectivity index (χ4n) is 3.51. The summed E-state index contributed by atoms with van der Waals surface area (Å²) in [5, 5.41) is 3.54. The lowest BCUT2D eigenvalue weighted by atomic mass is 9.75. The van der Waals surface area contributed by atoms with Gasteiger partial charge in [0.1, 0.15) is 5.82 Å². The number of hydrogen-bond acceptors (Lipinski definition) is 2. The van der Waals surface area contributed by atoms with Crippen molar-refractivity contribution in [3.8, 4) is 0 Å². The summed E-state index contributed by atoms with van der Waals surface area (Å²) >= 11 is 3.35. The van der Waals surface area contributed by atoms with E-state index in [1.807, 2.05) is 6.07 Å². The Hall–Kier alpha value is -0.450. The van der Waals surface area contributed by atoms with E-state index in [4.69, 9.17) is 0 Å². The molecule has 0 heterocycles. The second kappa shape index (κ2) is 7.21. The third kappa shape index (κ3) is 4.51. The van der Waals surface area contributed by atoms with Gasteiger partial charge < -0.3 is 10.2 Å². The van der Waals surface area contributed by atoms with Crippen LogP contribution in [0.15, 0.2) is 22.7 Å². The number of nitrogens with one attached hydrogen (secondary N) is 1. The van der Waals surface area contributed by atoms with Crippen LogP contribution in [0, 0.1) is 11.7 Å². The van der Waals surface area contributed by atoms with Gasteiger partial charge in [-0.05, 0) is 56.6 Å². The van der Waals surface area contributed by atoms with Crippen molar-refractivity contribution in [2.24, 2.45) is 5.92 Å². The first-order valence-corrected chi connectivity index (χ1v) is 8.54. The topological polar surface area (TPSA) is 15.3 Å². The summed E-state index contributed by atoms with van der Waals surface area (Å²) in [6, 6.07) is 5.07. The molecule has 0 spiro atoms. The first-order chi connectivity index (χ1) is 9.91. The van der Waals surface area contributed by atoms with Crippen LogP contribution in [0.3, 0.4) is 0 Å². The van der Waals surface area contributed by atoms with Crippen LogP contribution in [0.2, 0.25) is 0 Å². The van der Waals surface area contributed by atoms with Crippen LogP contribution in [0.1, 0.15) is 38.2 Å². The van der Waals surface area contributed by atoms with E-state index in [9.17, 15) is 4.39 Å². The van der Waals surface area contributed by atoms with Crippen LogP contribution in [0.25, 0.3) is 0 Å². The number of nitrogens with zero attached hydrogens (tertiary/aromatic N) is 1. The Kier molecular flexibility index (Phi) is 5.81. The highest BCUT2D eigenvalue weighted by Crippen LogP contribution is 2.35. The highest BCUT2D eigenvalue weighted by molar-refractivity contribution is 9.10. The molecule has 0 bridgehead atoms. The maximum Gasteiger partial charge on any atom is 0.124 e. The van der Waals surface area contributed by atoms with Gasteiger partial charge in [0.05, 0.1) is 0 Å². The summed E-state index contributed by atoms with van der Waals surface area (Å²) in [5.41, 5.74) is 1.22. The average Bonchev–Trinajstić information content (AvgIpc) is 2.37. The van der Waals surface area contributed by atoms with Crippen LogP contribution in [0.5, 0.6) is 0 Å². The van der Waals surface area contributed by atoms with Gasteiger partial charge in [-0.3, -0.25) is 0 Å². The lowest BCUT2D eigenvalue weighted by Crippen LogP contribution is -2.54. The molecule has 1 N–H and O–H groups in total. The third-order valence-electron chi connectivity index (χ3n) is 4.72. The van der Waals surface area contributed by atoms with Crippen molar-refractivity contribution in [1.82, 2.24) is 10.2 Å². The predicted octanol–water partition coefficient (Wildman–Crippen LogP) is 4.19. The second-order valence-electron chi connectivity index (χ2n) is 6.70. The summed E-state index contributed by atoms with van der Waals surface area (Å²) in [6.07, 6.45) is 5.11. The normalized spacial score (nSPS) is 26.3. The van der Waals surface area contributed by atoms with Crippen LogP contribution in [0.4, 0.5) is 4.39 Å². The number of rotatable bonds is 5. The highest BCUT2D eigenvalue weighted by atomic mass is 79.9. The largest absolute Gasteiger partial charge is 0.311 e. The van der Waals surface area contributed by atoms with Gasteiger partial charge in [-0.2, -0.15) is 0 Å². The molecule has 4 heteroatoms. The molecule has 2 unspecified atom stereocenters. The molecule has 1 fully saturated rings. The lowest BCUT2D eigenvalue weighted by Gasteiger charge is -2.45. The maximum atomic E-state index is 13.4. The van der Waals surface area contributed by atoms with Crippen molar-refractivity contribution < 1.29 is 4.39 Å². The maximum absolute atomic E-state index is 13.4. The zero-order valence-electron chi connectivity index (χ0n) is 13.3. The highest BCUT2D eigenvalue weighted by Gasteiger charge is 2.36. The van der Waals surface area contributed by atoms with Crippen molar-refractivity contribution in [2.75, 3.05) is 20.6 Å². The first-order valence-electron chi connectivity index (χ1n) is 7.74. The first kappa shape index (κ1) is 16.9. The van der Waals surface area contributed by atoms with E-state index < -0.39 is 0 Å². The van der Waals surface area contributed by atoms with E-state index in [1.165, 1.54) is 31.7 Å². The second-order valence-corrected chi connectivity index (χ2v) is 7.62. The average molecular weight is 357 g/mol. The van der Waals surface area contributed by atoms with Crippen molar-refractivity contribution in [2.45, 2.75) is 44.7 Å². The Morgan fingerprint density at radius 2 is 2.14 bits per heavy atom. The molecule has 0 amide bonds. The zero-order valence-corrected chi connectivity index (χ0v) is 14.8. The van der Waals surface area contributed by atoms with E-state index >= 15 is 0 Å². The molecule has 0 saturated heterocycles. The number of hydrogen-bond donors (Lipinski definition) is 1. The van der Waals surface area contributed by atoms with Crippen molar-refractivity contribution >= 4 is 15.9 Å². The smallest absolute Gasteiger partial charge is 0.124 e. The molecule has 21 heavy (non-hydrogen) atoms. The summed E-state index contributed by atoms with van der Waals surface area (Å²) in [7, 11) is 4.36. The Morgan fingerprint density at radius 3 is 2.76 bits per heavy atom. The van der Waals surface area contributed by atoms with Crippen LogP contribution in [-0.4, -0.2) is 31.1 Å². The molecular weight excluding hydrogens is 331 g/mol. The predicted molar refractivity (Wildman–Crippen MR) is 89.9 cm³/mol. The molecule has 2 nitrogen and oxygen atoms in total. The van der Waals surface area contributed by atoms with E-state index in [0.717, 1.165) is 22.5 Å². The van der Waals surface area contributed by atoms with Crippen molar-refractivity contribution in [1.29, 1.82) is 0 Å². The molecule has 1 aliphatic carbocycles. The van der Waals surface area contributed by atoms with Crippen molar-refractivity contribution in [3.63, 3.8) is 0 Å². The summed E-state index contributed by atoms with van der Waals surface area (Å²) in [5.74, 6) is 0.598. The molecular formula is C17H26BrFN2. The Labute approximate surface area is 136 Å². The molecule has 0 radical (unpaired) electrons. The number of likely N-dealkylation sites (N-methyl/N-ethyl adjacent to an activating group) is 1. The van der Waals surface area contributed by atoms with E-state index in [-0.39, 0.29) is 11.4 Å². The van der Waals surface area contributed by atoms with E-state index in [2.05, 4.69) is 47.2 Å². The fourth-order valence-corrected chi connectivity index (χ4v) is 4.02. The minimum atomic E-state index is -0.185. The molecule has 1 aliphatic rings. The molecule has 2 atom stereocenters. The van der Waals surface area contributed by atoms with E-state index in [1.54, 1.807) is 6.07 Å². The van der Waals surface area contributed by atoms with Crippen LogP contribution in [-0.2, 0) is 6.54 Å². The molecule has 118 valence electrons. The van der Waals surface area contributed by atoms with Crippen LogP contribution < -0.4 is 5.32 Å². The number of halogens is 2. The number of benzene rings is 1. The lowest BCUT2D eigenvalue weighted by molar-refractivity contribution is 0.0749. The van der Waals surface area contributed by atoms with Crippen molar-refractivity contribution in [3.05, 3.63) is 34.1 Å². The zero-order chi connectivity index (χ0) is 15.5. The fraction of sp³-hybridized carbons (Fsp3) is 0.647. The van der Waals surface area contributed by atoms with Gasteiger partial charge in [0.25, 0.3) is 0 Å². The van der Waals surface area contributed by atoms with Gasteiger partial charge in [-0.1, -0.05) is 35.7 Å². The standard InChI is InChI=1S/C17H26BrFN2/c1-13-5-4-6-17(10-13,21(2)3)12-20-11-14-7-15(18)9-16(19)8-14/h7-9,13,20H,4-6,10-12H2,1-3H3. The van der Waals surface area contributed by atoms with E-state index in [0.29, 0.717) is 6.54 Å². The Balaban J connectivity index is 1.96. The molecule has 0 aromatic heterocycles. The summed E-state index contributed by atoms with van der Waals surface area (Å²) in [4.78, 5) is 2.37. The van der Waals surface area contributed by atoms with Gasteiger partial charge >= 0.3 is 0 Å². The van der Waals surface area contributed by atoms with Gasteiger partial charge in [-0.25, -0.2) is 4.39 Å². The molecule has 1 saturated carbocycles. The minimum Gasteiger partial charge on any atom is -0.311 e. The van der Waals surface area contributed by atoms with Gasteiger partial charge in [0.2, 0.25) is 0 Å². The van der Waals surface area contributed by atoms with Crippen LogP contribution >= 0.6 is 15.9 Å². The molecule has 2 rings (SSSR count). The molecule has 0 aliphatic heterocycles.